The topological polar surface area (TPSA) is 207 Å². The Morgan fingerprint density at radius 3 is 2.30 bits per heavy atom. The van der Waals surface area contributed by atoms with Gasteiger partial charge < -0.3 is 24.3 Å². The highest BCUT2D eigenvalue weighted by molar-refractivity contribution is 7.71. The van der Waals surface area contributed by atoms with Crippen LogP contribution in [0.25, 0.3) is 0 Å². The number of phosphoric ester groups is 1. The molecular formula is C10H12F5N2O12P3S. The molecule has 0 amide bonds. The first-order chi connectivity index (χ1) is 14.7. The largest absolute Gasteiger partial charge is 0.490 e. The molecule has 33 heavy (non-hydrogen) atoms. The summed E-state index contributed by atoms with van der Waals surface area (Å²) in [5, 5.41) is 0. The molecule has 0 aliphatic carbocycles. The monoisotopic (exact) mass is 572 g/mol. The number of phosphoric acid groups is 3. The Morgan fingerprint density at radius 2 is 1.79 bits per heavy atom. The molecule has 1 aromatic heterocycles. The molecule has 1 aliphatic heterocycles. The van der Waals surface area contributed by atoms with E-state index in [0.29, 0.717) is 0 Å². The van der Waals surface area contributed by atoms with E-state index in [1.807, 2.05) is 0 Å². The normalized spacial score (nSPS) is 27.8. The fraction of sp³-hybridized carbons (Fsp3) is 0.600. The molecule has 0 radical (unpaired) electrons. The number of aromatic amines is 1. The molecular weight excluding hydrogens is 560 g/mol. The minimum Gasteiger partial charge on any atom is -0.348 e. The molecule has 0 spiro atoms. The van der Waals surface area contributed by atoms with E-state index in [1.165, 1.54) is 0 Å². The highest BCUT2D eigenvalue weighted by Gasteiger charge is 2.67. The third kappa shape index (κ3) is 7.06. The molecule has 1 saturated heterocycles. The average molecular weight is 572 g/mol. The SMILES string of the molecule is O=c1[nH]c(=S)n([C@@H]2O[C@H](COP(=O)(O)OP(=O)(O)OP(=O)(O)O)CC2(F)C(F)(F)F)cc1F. The van der Waals surface area contributed by atoms with Gasteiger partial charge in [0.15, 0.2) is 11.0 Å². The van der Waals surface area contributed by atoms with Gasteiger partial charge in [0.25, 0.3) is 11.2 Å². The summed E-state index contributed by atoms with van der Waals surface area (Å²) in [4.78, 5) is 48.0. The van der Waals surface area contributed by atoms with Crippen molar-refractivity contribution in [1.29, 1.82) is 0 Å². The summed E-state index contributed by atoms with van der Waals surface area (Å²) in [5.41, 5.74) is -5.71. The van der Waals surface area contributed by atoms with E-state index >= 15 is 0 Å². The maximum Gasteiger partial charge on any atom is 0.490 e. The van der Waals surface area contributed by atoms with Crippen LogP contribution >= 0.6 is 35.7 Å². The van der Waals surface area contributed by atoms with Crippen molar-refractivity contribution in [3.8, 4) is 0 Å². The number of nitrogens with one attached hydrogen (secondary N) is 1. The number of hydrogen-bond donors (Lipinski definition) is 5. The van der Waals surface area contributed by atoms with Gasteiger partial charge in [-0.15, -0.1) is 0 Å². The van der Waals surface area contributed by atoms with Gasteiger partial charge >= 0.3 is 29.6 Å². The molecule has 190 valence electrons. The zero-order chi connectivity index (χ0) is 25.6. The molecule has 0 saturated carbocycles. The lowest BCUT2D eigenvalue weighted by molar-refractivity contribution is -0.256. The summed E-state index contributed by atoms with van der Waals surface area (Å²) in [6.45, 7) is -1.42. The Balaban J connectivity index is 2.25. The summed E-state index contributed by atoms with van der Waals surface area (Å²) < 4.78 is 117. The lowest BCUT2D eigenvalue weighted by atomic mass is 9.99. The van der Waals surface area contributed by atoms with E-state index in [4.69, 9.17) is 19.4 Å². The zero-order valence-corrected chi connectivity index (χ0v) is 18.8. The number of H-pyrrole nitrogens is 1. The Kier molecular flexibility index (Phi) is 7.99. The number of alkyl halides is 4. The number of halogens is 5. The molecule has 0 aromatic carbocycles. The lowest BCUT2D eigenvalue weighted by Gasteiger charge is -2.29. The maximum absolute atomic E-state index is 15.0. The highest BCUT2D eigenvalue weighted by Crippen LogP contribution is 2.66. The van der Waals surface area contributed by atoms with Gasteiger partial charge in [-0.3, -0.25) is 18.9 Å². The summed E-state index contributed by atoms with van der Waals surface area (Å²) in [6, 6.07) is 0. The van der Waals surface area contributed by atoms with E-state index in [1.54, 1.807) is 4.98 Å². The van der Waals surface area contributed by atoms with Crippen LogP contribution in [0.5, 0.6) is 0 Å². The quantitative estimate of drug-likeness (QED) is 0.172. The Morgan fingerprint density at radius 1 is 1.21 bits per heavy atom. The number of rotatable bonds is 8. The standard InChI is InChI=1S/C10H12F5N2O12P3S/c11-5-2-17(8(33)16-6(5)18)7-9(12,10(13,14)15)1-4(27-7)3-26-31(22,23)29-32(24,25)28-30(19,20)21/h2,4,7H,1,3H2,(H,22,23)(H,24,25)(H,16,18,33)(H2,19,20,21)/t4-,7+,9?/m0/s1. The van der Waals surface area contributed by atoms with Crippen molar-refractivity contribution in [3.63, 3.8) is 0 Å². The summed E-state index contributed by atoms with van der Waals surface area (Å²) in [5.74, 6) is -1.64. The van der Waals surface area contributed by atoms with E-state index < -0.39 is 76.8 Å². The van der Waals surface area contributed by atoms with Crippen molar-refractivity contribution in [2.45, 2.75) is 30.6 Å². The van der Waals surface area contributed by atoms with Gasteiger partial charge in [-0.2, -0.15) is 26.2 Å². The number of aromatic nitrogens is 2. The second-order valence-corrected chi connectivity index (χ2v) is 11.0. The van der Waals surface area contributed by atoms with Gasteiger partial charge in [0.05, 0.1) is 18.9 Å². The van der Waals surface area contributed by atoms with Crippen LogP contribution in [0.4, 0.5) is 22.0 Å². The average Bonchev–Trinajstić information content (AvgIpc) is 2.91. The molecule has 2 rings (SSSR count). The zero-order valence-electron chi connectivity index (χ0n) is 15.3. The van der Waals surface area contributed by atoms with Crippen molar-refractivity contribution in [1.82, 2.24) is 9.55 Å². The fourth-order valence-electron chi connectivity index (χ4n) is 2.53. The number of ether oxygens (including phenoxy) is 1. The molecule has 2 heterocycles. The Labute approximate surface area is 183 Å². The van der Waals surface area contributed by atoms with E-state index in [0.717, 1.165) is 0 Å². The first-order valence-electron chi connectivity index (χ1n) is 7.86. The number of nitrogens with zero attached hydrogens (tertiary/aromatic N) is 1. The predicted octanol–water partition coefficient (Wildman–Crippen LogP) is 1.95. The maximum atomic E-state index is 15.0. The van der Waals surface area contributed by atoms with Crippen LogP contribution in [0.3, 0.4) is 0 Å². The van der Waals surface area contributed by atoms with Crippen LogP contribution in [0.2, 0.25) is 0 Å². The third-order valence-corrected chi connectivity index (χ3v) is 7.84. The van der Waals surface area contributed by atoms with Crippen LogP contribution in [-0.4, -0.2) is 53.7 Å². The fourth-order valence-corrected chi connectivity index (χ4v) is 5.82. The molecule has 0 bridgehead atoms. The third-order valence-electron chi connectivity index (χ3n) is 3.73. The van der Waals surface area contributed by atoms with Gasteiger partial charge in [-0.25, -0.2) is 18.1 Å². The highest BCUT2D eigenvalue weighted by atomic mass is 32.1. The van der Waals surface area contributed by atoms with Gasteiger partial charge in [-0.05, 0) is 12.2 Å². The number of hydrogen-bond acceptors (Lipinski definition) is 9. The molecule has 1 aliphatic rings. The minimum atomic E-state index is -5.92. The van der Waals surface area contributed by atoms with Crippen molar-refractivity contribution in [2.24, 2.45) is 0 Å². The smallest absolute Gasteiger partial charge is 0.348 e. The molecule has 1 aromatic rings. The molecule has 14 nitrogen and oxygen atoms in total. The van der Waals surface area contributed by atoms with E-state index in [2.05, 4.69) is 25.4 Å². The van der Waals surface area contributed by atoms with E-state index in [9.17, 15) is 45.3 Å². The summed E-state index contributed by atoms with van der Waals surface area (Å²) in [7, 11) is -17.4. The van der Waals surface area contributed by atoms with Gasteiger partial charge in [0.1, 0.15) is 0 Å². The summed E-state index contributed by atoms with van der Waals surface area (Å²) >= 11 is 4.58. The van der Waals surface area contributed by atoms with Gasteiger partial charge in [-0.1, -0.05) is 0 Å². The van der Waals surface area contributed by atoms with Crippen LogP contribution in [-0.2, 0) is 31.6 Å². The second-order valence-electron chi connectivity index (χ2n) is 6.21. The first kappa shape index (κ1) is 28.4. The molecule has 5 N–H and O–H groups in total. The lowest BCUT2D eigenvalue weighted by Crippen LogP contribution is -2.46. The molecule has 1 fully saturated rings. The van der Waals surface area contributed by atoms with Gasteiger partial charge in [0, 0.05) is 6.42 Å². The van der Waals surface area contributed by atoms with Crippen molar-refractivity contribution < 1.29 is 73.1 Å². The van der Waals surface area contributed by atoms with Crippen LogP contribution < -0.4 is 5.56 Å². The van der Waals surface area contributed by atoms with Crippen molar-refractivity contribution >= 4 is 35.7 Å². The summed E-state index contributed by atoms with van der Waals surface area (Å²) in [6.07, 6.45) is -11.9. The van der Waals surface area contributed by atoms with Crippen LogP contribution in [0, 0.1) is 10.6 Å². The molecule has 23 heteroatoms. The van der Waals surface area contributed by atoms with E-state index in [-0.39, 0.29) is 10.8 Å². The molecule has 3 unspecified atom stereocenters. The van der Waals surface area contributed by atoms with Crippen LogP contribution in [0.1, 0.15) is 12.6 Å². The first-order valence-corrected chi connectivity index (χ1v) is 12.8. The van der Waals surface area contributed by atoms with Crippen molar-refractivity contribution in [3.05, 3.63) is 27.1 Å². The Bertz CT molecular complexity index is 1170. The second kappa shape index (κ2) is 9.29. The minimum absolute atomic E-state index is 0.102. The Hall–Kier alpha value is -0.880. The molecule has 5 atom stereocenters. The van der Waals surface area contributed by atoms with Crippen molar-refractivity contribution in [2.75, 3.05) is 6.61 Å². The van der Waals surface area contributed by atoms with Crippen LogP contribution in [0.15, 0.2) is 11.0 Å². The predicted molar refractivity (Wildman–Crippen MR) is 94.1 cm³/mol. The van der Waals surface area contributed by atoms with Gasteiger partial charge in [0.2, 0.25) is 5.82 Å².